The zero-order valence-corrected chi connectivity index (χ0v) is 16.3. The van der Waals surface area contributed by atoms with Crippen LogP contribution in [0.5, 0.6) is 0 Å². The van der Waals surface area contributed by atoms with Crippen molar-refractivity contribution < 1.29 is 13.6 Å². The highest BCUT2D eigenvalue weighted by atomic mass is 35.5. The van der Waals surface area contributed by atoms with Crippen molar-refractivity contribution in [3.05, 3.63) is 51.7 Å². The number of piperazine rings is 1. The highest BCUT2D eigenvalue weighted by Crippen LogP contribution is 2.43. The van der Waals surface area contributed by atoms with Gasteiger partial charge in [0.1, 0.15) is 11.6 Å². The molecule has 4 rings (SSSR count). The van der Waals surface area contributed by atoms with Crippen LogP contribution in [0.2, 0.25) is 5.15 Å². The van der Waals surface area contributed by atoms with Gasteiger partial charge in [0.05, 0.1) is 6.42 Å². The van der Waals surface area contributed by atoms with E-state index in [1.165, 1.54) is 6.07 Å². The smallest absolute Gasteiger partial charge is 0.227 e. The quantitative estimate of drug-likeness (QED) is 0.780. The summed E-state index contributed by atoms with van der Waals surface area (Å²) >= 11 is 5.75. The van der Waals surface area contributed by atoms with Crippen LogP contribution in [0.15, 0.2) is 18.2 Å². The Hall–Kier alpha value is -2.28. The average Bonchev–Trinajstić information content (AvgIpc) is 3.54. The van der Waals surface area contributed by atoms with Crippen molar-refractivity contribution in [1.82, 2.24) is 15.1 Å². The molecule has 2 heterocycles. The van der Waals surface area contributed by atoms with Crippen LogP contribution in [0.4, 0.5) is 14.6 Å². The zero-order valence-electron chi connectivity index (χ0n) is 15.6. The Balaban J connectivity index is 1.41. The fraction of sp³-hybridized carbons (Fsp3) is 0.450. The number of carbonyl (C=O) groups excluding carboxylic acids is 1. The van der Waals surface area contributed by atoms with Gasteiger partial charge in [0.15, 0.2) is 11.0 Å². The van der Waals surface area contributed by atoms with E-state index < -0.39 is 11.6 Å². The van der Waals surface area contributed by atoms with E-state index in [4.69, 9.17) is 11.6 Å². The Bertz CT molecular complexity index is 894. The predicted molar refractivity (Wildman–Crippen MR) is 103 cm³/mol. The fourth-order valence-corrected chi connectivity index (χ4v) is 3.80. The predicted octanol–water partition coefficient (Wildman–Crippen LogP) is 3.49. The van der Waals surface area contributed by atoms with Crippen molar-refractivity contribution in [2.45, 2.75) is 32.1 Å². The normalized spacial score (nSPS) is 17.1. The van der Waals surface area contributed by atoms with E-state index in [1.807, 2.05) is 4.90 Å². The second-order valence-electron chi connectivity index (χ2n) is 7.40. The minimum atomic E-state index is -0.617. The molecule has 1 aromatic heterocycles. The Morgan fingerprint density at radius 1 is 1.18 bits per heavy atom. The van der Waals surface area contributed by atoms with E-state index in [2.05, 4.69) is 10.2 Å². The molecule has 0 atom stereocenters. The van der Waals surface area contributed by atoms with Crippen molar-refractivity contribution in [2.75, 3.05) is 31.1 Å². The van der Waals surface area contributed by atoms with Gasteiger partial charge in [-0.1, -0.05) is 11.6 Å². The molecular formula is C20H21ClF2N4O. The molecule has 1 aliphatic heterocycles. The molecule has 1 amide bonds. The molecule has 2 fully saturated rings. The van der Waals surface area contributed by atoms with E-state index >= 15 is 0 Å². The molecule has 0 radical (unpaired) electrons. The number of anilines is 1. The van der Waals surface area contributed by atoms with Gasteiger partial charge in [0, 0.05) is 31.7 Å². The molecule has 1 aromatic carbocycles. The number of halogens is 3. The highest BCUT2D eigenvalue weighted by Gasteiger charge is 2.30. The van der Waals surface area contributed by atoms with Gasteiger partial charge in [-0.3, -0.25) is 4.79 Å². The number of nitrogens with zero attached hydrogens (tertiary/aromatic N) is 4. The summed E-state index contributed by atoms with van der Waals surface area (Å²) in [5.41, 5.74) is 1.08. The molecule has 2 aliphatic rings. The van der Waals surface area contributed by atoms with Crippen LogP contribution in [0.1, 0.15) is 35.4 Å². The molecule has 8 heteroatoms. The summed E-state index contributed by atoms with van der Waals surface area (Å²) in [5.74, 6) is -0.505. The van der Waals surface area contributed by atoms with Crippen LogP contribution in [-0.4, -0.2) is 47.2 Å². The van der Waals surface area contributed by atoms with E-state index in [0.717, 1.165) is 18.4 Å². The van der Waals surface area contributed by atoms with Gasteiger partial charge >= 0.3 is 0 Å². The second kappa shape index (κ2) is 7.62. The molecule has 148 valence electrons. The first-order valence-electron chi connectivity index (χ1n) is 9.43. The molecule has 0 N–H and O–H groups in total. The second-order valence-corrected chi connectivity index (χ2v) is 7.79. The molecule has 28 heavy (non-hydrogen) atoms. The SMILES string of the molecule is Cc1c(C2CC2)cc(F)c(CC(=O)N2CCN(c3ccc(Cl)nn3)CC2)c1F. The van der Waals surface area contributed by atoms with Crippen molar-refractivity contribution in [3.8, 4) is 0 Å². The highest BCUT2D eigenvalue weighted by molar-refractivity contribution is 6.29. The third-order valence-corrected chi connectivity index (χ3v) is 5.72. The van der Waals surface area contributed by atoms with Crippen LogP contribution >= 0.6 is 11.6 Å². The summed E-state index contributed by atoms with van der Waals surface area (Å²) < 4.78 is 29.2. The third kappa shape index (κ3) is 3.81. The lowest BCUT2D eigenvalue weighted by Crippen LogP contribution is -2.49. The van der Waals surface area contributed by atoms with Crippen molar-refractivity contribution >= 4 is 23.3 Å². The maximum Gasteiger partial charge on any atom is 0.227 e. The molecule has 1 saturated heterocycles. The number of amides is 1. The van der Waals surface area contributed by atoms with Gasteiger partial charge in [-0.2, -0.15) is 0 Å². The fourth-order valence-electron chi connectivity index (χ4n) is 3.70. The summed E-state index contributed by atoms with van der Waals surface area (Å²) in [7, 11) is 0. The van der Waals surface area contributed by atoms with Gasteiger partial charge in [0.2, 0.25) is 5.91 Å². The number of rotatable bonds is 4. The molecule has 1 aliphatic carbocycles. The molecule has 5 nitrogen and oxygen atoms in total. The van der Waals surface area contributed by atoms with Crippen LogP contribution < -0.4 is 4.90 Å². The van der Waals surface area contributed by atoms with E-state index in [0.29, 0.717) is 42.7 Å². The van der Waals surface area contributed by atoms with Crippen LogP contribution in [0, 0.1) is 18.6 Å². The Morgan fingerprint density at radius 3 is 2.50 bits per heavy atom. The lowest BCUT2D eigenvalue weighted by molar-refractivity contribution is -0.130. The average molecular weight is 407 g/mol. The monoisotopic (exact) mass is 406 g/mol. The van der Waals surface area contributed by atoms with E-state index in [-0.39, 0.29) is 23.8 Å². The summed E-state index contributed by atoms with van der Waals surface area (Å²) in [6.07, 6.45) is 1.69. The number of hydrogen-bond donors (Lipinski definition) is 0. The number of aromatic nitrogens is 2. The Morgan fingerprint density at radius 2 is 1.89 bits per heavy atom. The maximum atomic E-state index is 14.7. The third-order valence-electron chi connectivity index (χ3n) is 5.52. The lowest BCUT2D eigenvalue weighted by Gasteiger charge is -2.35. The van der Waals surface area contributed by atoms with Gasteiger partial charge in [0.25, 0.3) is 0 Å². The summed E-state index contributed by atoms with van der Waals surface area (Å²) in [6.45, 7) is 3.75. The first-order chi connectivity index (χ1) is 13.4. The molecule has 1 saturated carbocycles. The van der Waals surface area contributed by atoms with Crippen LogP contribution in [0.25, 0.3) is 0 Å². The van der Waals surface area contributed by atoms with Gasteiger partial charge in [-0.05, 0) is 55.0 Å². The van der Waals surface area contributed by atoms with Gasteiger partial charge in [-0.25, -0.2) is 8.78 Å². The molecule has 0 unspecified atom stereocenters. The molecule has 0 spiro atoms. The Labute approximate surface area is 167 Å². The standard InChI is InChI=1S/C20H21ClF2N4O/c1-12-14(13-2-3-13)10-16(22)15(20(12)23)11-19(28)27-8-6-26(7-9-27)18-5-4-17(21)24-25-18/h4-5,10,13H,2-3,6-9,11H2,1H3. The lowest BCUT2D eigenvalue weighted by atomic mass is 9.98. The van der Waals surface area contributed by atoms with E-state index in [1.54, 1.807) is 24.0 Å². The molecule has 0 bridgehead atoms. The van der Waals surface area contributed by atoms with Crippen molar-refractivity contribution in [1.29, 1.82) is 0 Å². The number of benzene rings is 1. The van der Waals surface area contributed by atoms with Gasteiger partial charge < -0.3 is 9.80 Å². The topological polar surface area (TPSA) is 49.3 Å². The minimum Gasteiger partial charge on any atom is -0.352 e. The number of carbonyl (C=O) groups is 1. The first kappa shape index (κ1) is 19.1. The minimum absolute atomic E-state index is 0.127. The molecular weight excluding hydrogens is 386 g/mol. The first-order valence-corrected chi connectivity index (χ1v) is 9.81. The Kier molecular flexibility index (Phi) is 5.19. The maximum absolute atomic E-state index is 14.7. The van der Waals surface area contributed by atoms with Crippen molar-refractivity contribution in [2.24, 2.45) is 0 Å². The van der Waals surface area contributed by atoms with E-state index in [9.17, 15) is 13.6 Å². The van der Waals surface area contributed by atoms with Crippen LogP contribution in [-0.2, 0) is 11.2 Å². The van der Waals surface area contributed by atoms with Crippen LogP contribution in [0.3, 0.4) is 0 Å². The number of hydrogen-bond acceptors (Lipinski definition) is 4. The molecule has 2 aromatic rings. The van der Waals surface area contributed by atoms with Crippen molar-refractivity contribution in [3.63, 3.8) is 0 Å². The summed E-state index contributed by atoms with van der Waals surface area (Å²) in [4.78, 5) is 16.3. The summed E-state index contributed by atoms with van der Waals surface area (Å²) in [6, 6.07) is 4.86. The summed E-state index contributed by atoms with van der Waals surface area (Å²) in [5, 5.41) is 8.19. The zero-order chi connectivity index (χ0) is 19.8. The largest absolute Gasteiger partial charge is 0.352 e. The van der Waals surface area contributed by atoms with Gasteiger partial charge in [-0.15, -0.1) is 10.2 Å².